The van der Waals surface area contributed by atoms with Gasteiger partial charge in [-0.2, -0.15) is 0 Å². The Kier molecular flexibility index (Phi) is 3.99. The number of amides is 1. The predicted molar refractivity (Wildman–Crippen MR) is 68.8 cm³/mol. The molecular formula is C13H17F2N3O. The number of hydrogen-bond acceptors (Lipinski definition) is 3. The Morgan fingerprint density at radius 2 is 1.89 bits per heavy atom. The third kappa shape index (κ3) is 3.01. The zero-order chi connectivity index (χ0) is 14.0. The van der Waals surface area contributed by atoms with E-state index < -0.39 is 17.5 Å². The van der Waals surface area contributed by atoms with E-state index in [2.05, 4.69) is 4.90 Å². The number of anilines is 1. The standard InChI is InChI=1S/C13H17F2N3O/c1-17-3-2-4-18(6-5-17)13(19)9-7-12(16)11(15)8-10(9)14/h7-8H,2-6,16H2,1H3. The highest BCUT2D eigenvalue weighted by Gasteiger charge is 2.22. The summed E-state index contributed by atoms with van der Waals surface area (Å²) in [6.07, 6.45) is 0.834. The molecule has 0 unspecified atom stereocenters. The summed E-state index contributed by atoms with van der Waals surface area (Å²) in [7, 11) is 1.98. The number of benzene rings is 1. The summed E-state index contributed by atoms with van der Waals surface area (Å²) in [6, 6.07) is 1.73. The van der Waals surface area contributed by atoms with Gasteiger partial charge in [-0.15, -0.1) is 0 Å². The zero-order valence-electron chi connectivity index (χ0n) is 10.8. The Balaban J connectivity index is 2.21. The van der Waals surface area contributed by atoms with E-state index in [-0.39, 0.29) is 11.3 Å². The van der Waals surface area contributed by atoms with Crippen LogP contribution in [0.5, 0.6) is 0 Å². The molecule has 1 aliphatic heterocycles. The second kappa shape index (κ2) is 5.52. The third-order valence-electron chi connectivity index (χ3n) is 3.32. The second-order valence-corrected chi connectivity index (χ2v) is 4.80. The van der Waals surface area contributed by atoms with Gasteiger partial charge in [-0.05, 0) is 26.1 Å². The van der Waals surface area contributed by atoms with Gasteiger partial charge in [0.25, 0.3) is 5.91 Å². The number of rotatable bonds is 1. The van der Waals surface area contributed by atoms with Crippen LogP contribution in [0.1, 0.15) is 16.8 Å². The maximum absolute atomic E-state index is 13.7. The molecule has 2 N–H and O–H groups in total. The lowest BCUT2D eigenvalue weighted by Gasteiger charge is -2.21. The minimum Gasteiger partial charge on any atom is -0.396 e. The first-order valence-corrected chi connectivity index (χ1v) is 6.21. The van der Waals surface area contributed by atoms with Crippen LogP contribution in [0.4, 0.5) is 14.5 Å². The van der Waals surface area contributed by atoms with Crippen LogP contribution >= 0.6 is 0 Å². The second-order valence-electron chi connectivity index (χ2n) is 4.80. The van der Waals surface area contributed by atoms with Crippen molar-refractivity contribution in [2.75, 3.05) is 39.0 Å². The fraction of sp³-hybridized carbons (Fsp3) is 0.462. The largest absolute Gasteiger partial charge is 0.396 e. The molecule has 1 aliphatic rings. The highest BCUT2D eigenvalue weighted by molar-refractivity contribution is 5.95. The van der Waals surface area contributed by atoms with Crippen molar-refractivity contribution in [3.63, 3.8) is 0 Å². The van der Waals surface area contributed by atoms with Crippen molar-refractivity contribution < 1.29 is 13.6 Å². The molecule has 19 heavy (non-hydrogen) atoms. The van der Waals surface area contributed by atoms with Crippen molar-refractivity contribution >= 4 is 11.6 Å². The molecule has 0 bridgehead atoms. The molecule has 0 radical (unpaired) electrons. The predicted octanol–water partition coefficient (Wildman–Crippen LogP) is 1.32. The molecule has 6 heteroatoms. The lowest BCUT2D eigenvalue weighted by atomic mass is 10.1. The van der Waals surface area contributed by atoms with Gasteiger partial charge in [-0.1, -0.05) is 0 Å². The van der Waals surface area contributed by atoms with Gasteiger partial charge in [0.05, 0.1) is 11.3 Å². The van der Waals surface area contributed by atoms with Crippen molar-refractivity contribution in [1.82, 2.24) is 9.80 Å². The monoisotopic (exact) mass is 269 g/mol. The smallest absolute Gasteiger partial charge is 0.256 e. The molecule has 4 nitrogen and oxygen atoms in total. The molecule has 1 amide bonds. The summed E-state index contributed by atoms with van der Waals surface area (Å²) in [5, 5.41) is 0. The molecule has 0 spiro atoms. The van der Waals surface area contributed by atoms with Gasteiger partial charge in [0, 0.05) is 25.7 Å². The van der Waals surface area contributed by atoms with Gasteiger partial charge in [0.1, 0.15) is 11.6 Å². The number of nitrogen functional groups attached to an aromatic ring is 1. The Bertz CT molecular complexity index is 493. The maximum Gasteiger partial charge on any atom is 0.256 e. The number of nitrogens with zero attached hydrogens (tertiary/aromatic N) is 2. The summed E-state index contributed by atoms with van der Waals surface area (Å²) in [6.45, 7) is 2.74. The molecule has 1 aromatic carbocycles. The van der Waals surface area contributed by atoms with Crippen LogP contribution in [0.3, 0.4) is 0 Å². The van der Waals surface area contributed by atoms with Crippen LogP contribution in [0, 0.1) is 11.6 Å². The van der Waals surface area contributed by atoms with Crippen LogP contribution in [-0.4, -0.2) is 48.9 Å². The van der Waals surface area contributed by atoms with Crippen LogP contribution in [-0.2, 0) is 0 Å². The maximum atomic E-state index is 13.7. The first-order chi connectivity index (χ1) is 8.99. The van der Waals surface area contributed by atoms with Gasteiger partial charge >= 0.3 is 0 Å². The van der Waals surface area contributed by atoms with E-state index in [4.69, 9.17) is 5.73 Å². The van der Waals surface area contributed by atoms with Crippen LogP contribution < -0.4 is 5.73 Å². The van der Waals surface area contributed by atoms with Crippen molar-refractivity contribution in [2.24, 2.45) is 0 Å². The Morgan fingerprint density at radius 1 is 1.16 bits per heavy atom. The number of carbonyl (C=O) groups is 1. The summed E-state index contributed by atoms with van der Waals surface area (Å²) in [5.74, 6) is -2.14. The van der Waals surface area contributed by atoms with Crippen LogP contribution in [0.15, 0.2) is 12.1 Å². The van der Waals surface area contributed by atoms with Crippen LogP contribution in [0.2, 0.25) is 0 Å². The first kappa shape index (κ1) is 13.7. The fourth-order valence-electron chi connectivity index (χ4n) is 2.15. The van der Waals surface area contributed by atoms with Gasteiger partial charge in [0.15, 0.2) is 0 Å². The number of nitrogens with two attached hydrogens (primary N) is 1. The molecule has 104 valence electrons. The molecule has 1 saturated heterocycles. The van der Waals surface area contributed by atoms with Crippen molar-refractivity contribution in [3.8, 4) is 0 Å². The fourth-order valence-corrected chi connectivity index (χ4v) is 2.15. The minimum atomic E-state index is -0.866. The van der Waals surface area contributed by atoms with Gasteiger partial charge in [0.2, 0.25) is 0 Å². The van der Waals surface area contributed by atoms with E-state index >= 15 is 0 Å². The molecule has 0 saturated carbocycles. The lowest BCUT2D eigenvalue weighted by Crippen LogP contribution is -2.35. The normalized spacial score (nSPS) is 17.3. The third-order valence-corrected chi connectivity index (χ3v) is 3.32. The molecule has 1 fully saturated rings. The number of hydrogen-bond donors (Lipinski definition) is 1. The van der Waals surface area contributed by atoms with Crippen molar-refractivity contribution in [3.05, 3.63) is 29.3 Å². The SMILES string of the molecule is CN1CCCN(C(=O)c2cc(N)c(F)cc2F)CC1. The Hall–Kier alpha value is -1.69. The van der Waals surface area contributed by atoms with E-state index in [1.165, 1.54) is 0 Å². The van der Waals surface area contributed by atoms with E-state index in [0.717, 1.165) is 25.6 Å². The van der Waals surface area contributed by atoms with E-state index in [0.29, 0.717) is 19.2 Å². The number of halogens is 2. The van der Waals surface area contributed by atoms with Crippen molar-refractivity contribution in [1.29, 1.82) is 0 Å². The van der Waals surface area contributed by atoms with E-state index in [1.807, 2.05) is 7.05 Å². The summed E-state index contributed by atoms with van der Waals surface area (Å²) in [5.41, 5.74) is 5.01. The number of likely N-dealkylation sites (N-methyl/N-ethyl adjacent to an activating group) is 1. The molecule has 0 aliphatic carbocycles. The van der Waals surface area contributed by atoms with E-state index in [9.17, 15) is 13.6 Å². The highest BCUT2D eigenvalue weighted by atomic mass is 19.1. The highest BCUT2D eigenvalue weighted by Crippen LogP contribution is 2.19. The molecule has 1 aromatic rings. The topological polar surface area (TPSA) is 49.6 Å². The summed E-state index contributed by atoms with van der Waals surface area (Å²) in [4.78, 5) is 15.9. The quantitative estimate of drug-likeness (QED) is 0.782. The average Bonchev–Trinajstić information content (AvgIpc) is 2.58. The Morgan fingerprint density at radius 3 is 2.63 bits per heavy atom. The summed E-state index contributed by atoms with van der Waals surface area (Å²) < 4.78 is 26.7. The van der Waals surface area contributed by atoms with Gasteiger partial charge in [-0.3, -0.25) is 4.79 Å². The summed E-state index contributed by atoms with van der Waals surface area (Å²) >= 11 is 0. The zero-order valence-corrected chi connectivity index (χ0v) is 10.8. The minimum absolute atomic E-state index is 0.163. The molecule has 0 atom stereocenters. The van der Waals surface area contributed by atoms with Gasteiger partial charge in [-0.25, -0.2) is 8.78 Å². The van der Waals surface area contributed by atoms with Crippen molar-refractivity contribution in [2.45, 2.75) is 6.42 Å². The average molecular weight is 269 g/mol. The van der Waals surface area contributed by atoms with E-state index in [1.54, 1.807) is 4.90 Å². The molecule has 0 aromatic heterocycles. The molecule has 2 rings (SSSR count). The Labute approximate surface area is 110 Å². The van der Waals surface area contributed by atoms with Crippen LogP contribution in [0.25, 0.3) is 0 Å². The number of carbonyl (C=O) groups excluding carboxylic acids is 1. The lowest BCUT2D eigenvalue weighted by molar-refractivity contribution is 0.0758. The molecule has 1 heterocycles. The van der Waals surface area contributed by atoms with Gasteiger partial charge < -0.3 is 15.5 Å². The molecular weight excluding hydrogens is 252 g/mol. The first-order valence-electron chi connectivity index (χ1n) is 6.21.